The number of amides is 2. The number of primary amides is 2. The van der Waals surface area contributed by atoms with Gasteiger partial charge >= 0.3 is 5.97 Å². The van der Waals surface area contributed by atoms with E-state index >= 15 is 0 Å². The molecular formula is C20H19Cl5N6O4. The second-order valence-corrected chi connectivity index (χ2v) is 7.87. The minimum atomic E-state index is -1.32. The molecule has 2 aromatic rings. The number of nitrogens with one attached hydrogen (secondary N) is 1. The summed E-state index contributed by atoms with van der Waals surface area (Å²) in [4.78, 5) is 36.9. The van der Waals surface area contributed by atoms with Crippen LogP contribution in [-0.4, -0.2) is 33.4 Å². The number of hydrogen-bond donors (Lipinski definition) is 3. The van der Waals surface area contributed by atoms with Gasteiger partial charge in [0.05, 0.1) is 27.7 Å². The van der Waals surface area contributed by atoms with E-state index in [1.54, 1.807) is 29.2 Å². The maximum Gasteiger partial charge on any atom is 0.351 e. The molecule has 0 spiro atoms. The van der Waals surface area contributed by atoms with E-state index in [2.05, 4.69) is 9.72 Å². The molecule has 3 unspecified atom stereocenters. The summed E-state index contributed by atoms with van der Waals surface area (Å²) in [5.74, 6) is -3.76. The van der Waals surface area contributed by atoms with E-state index in [4.69, 9.17) is 56.9 Å². The van der Waals surface area contributed by atoms with E-state index in [1.165, 1.54) is 6.07 Å². The van der Waals surface area contributed by atoms with Crippen molar-refractivity contribution in [1.82, 2.24) is 9.55 Å². The van der Waals surface area contributed by atoms with Crippen molar-refractivity contribution in [3.05, 3.63) is 68.5 Å². The molecule has 2 amide bonds. The monoisotopic (exact) mass is 582 g/mol. The van der Waals surface area contributed by atoms with E-state index in [1.807, 2.05) is 19.1 Å². The molecule has 2 aromatic heterocycles. The molecule has 5 N–H and O–H groups in total. The molecule has 0 aliphatic carbocycles. The number of nitriles is 1. The van der Waals surface area contributed by atoms with Gasteiger partial charge in [0.15, 0.2) is 12.0 Å². The van der Waals surface area contributed by atoms with Crippen molar-refractivity contribution in [2.24, 2.45) is 17.4 Å². The second kappa shape index (κ2) is 13.9. The van der Waals surface area contributed by atoms with Crippen molar-refractivity contribution in [1.29, 1.82) is 10.7 Å². The van der Waals surface area contributed by atoms with Crippen molar-refractivity contribution in [3.63, 3.8) is 0 Å². The van der Waals surface area contributed by atoms with E-state index < -0.39 is 29.8 Å². The van der Waals surface area contributed by atoms with Crippen LogP contribution in [0.25, 0.3) is 0 Å². The maximum atomic E-state index is 11.3. The molecular weight excluding hydrogens is 566 g/mol. The summed E-state index contributed by atoms with van der Waals surface area (Å²) in [6.45, 7) is 1.91. The lowest BCUT2D eigenvalue weighted by molar-refractivity contribution is -0.141. The molecule has 0 bridgehead atoms. The van der Waals surface area contributed by atoms with Gasteiger partial charge in [-0.3, -0.25) is 20.0 Å². The number of esters is 1. The van der Waals surface area contributed by atoms with Gasteiger partial charge < -0.3 is 20.8 Å². The zero-order valence-electron chi connectivity index (χ0n) is 17.8. The largest absolute Gasteiger partial charge is 0.450 e. The molecule has 188 valence electrons. The lowest BCUT2D eigenvalue weighted by atomic mass is 10.0. The summed E-state index contributed by atoms with van der Waals surface area (Å²) >= 11 is 17.0. The molecule has 3 rings (SSSR count). The molecule has 15 heteroatoms. The number of rotatable bonds is 5. The van der Waals surface area contributed by atoms with Gasteiger partial charge in [-0.05, 0) is 30.7 Å². The smallest absolute Gasteiger partial charge is 0.351 e. The summed E-state index contributed by atoms with van der Waals surface area (Å²) < 4.78 is 6.21. The minimum absolute atomic E-state index is 0. The highest BCUT2D eigenvalue weighted by molar-refractivity contribution is 6.48. The predicted molar refractivity (Wildman–Crippen MR) is 133 cm³/mol. The fraction of sp³-hybridized carbons (Fsp3) is 0.200. The van der Waals surface area contributed by atoms with Crippen LogP contribution in [0.4, 0.5) is 0 Å². The highest BCUT2D eigenvalue weighted by atomic mass is 35.5. The fourth-order valence-corrected chi connectivity index (χ4v) is 3.43. The second-order valence-electron chi connectivity index (χ2n) is 6.65. The van der Waals surface area contributed by atoms with Crippen LogP contribution in [0.1, 0.15) is 28.9 Å². The zero-order valence-corrected chi connectivity index (χ0v) is 21.7. The van der Waals surface area contributed by atoms with Crippen LogP contribution in [0, 0.1) is 22.7 Å². The standard InChI is InChI=1S/C13H13ClN4O.C7H4Cl2N2O3.2ClH/c1-8(9-2-4-17-5-3-9)18-7-10(14)6-11(12(18)15)13(16)19;8-3-4(9)7(13)14-5(3)2(1-10)6(11)12;;/h2-8,15H,1H3,(H2,16,19);2,5H,(H2,11,12);2*1H. The number of cyclic esters (lactones) is 1. The van der Waals surface area contributed by atoms with E-state index in [0.717, 1.165) is 5.56 Å². The Kier molecular flexibility index (Phi) is 12.8. The third kappa shape index (κ3) is 7.59. The van der Waals surface area contributed by atoms with E-state index in [9.17, 15) is 14.4 Å². The maximum absolute atomic E-state index is 11.3. The van der Waals surface area contributed by atoms with Crippen LogP contribution in [-0.2, 0) is 14.3 Å². The van der Waals surface area contributed by atoms with Crippen molar-refractivity contribution in [2.75, 3.05) is 0 Å². The van der Waals surface area contributed by atoms with E-state index in [0.29, 0.717) is 5.02 Å². The van der Waals surface area contributed by atoms with Gasteiger partial charge in [-0.2, -0.15) is 5.26 Å². The third-order valence-electron chi connectivity index (χ3n) is 4.55. The first-order valence-corrected chi connectivity index (χ1v) is 10.2. The Morgan fingerprint density at radius 1 is 1.23 bits per heavy atom. The Morgan fingerprint density at radius 2 is 1.80 bits per heavy atom. The van der Waals surface area contributed by atoms with Crippen LogP contribution < -0.4 is 17.0 Å². The van der Waals surface area contributed by atoms with Gasteiger partial charge in [-0.1, -0.05) is 34.8 Å². The number of aromatic nitrogens is 2. The summed E-state index contributed by atoms with van der Waals surface area (Å²) in [7, 11) is 0. The number of carbonyl (C=O) groups is 3. The van der Waals surface area contributed by atoms with Gasteiger partial charge in [-0.25, -0.2) is 4.79 Å². The first kappa shape index (κ1) is 32.2. The Bertz CT molecular complexity index is 1230. The number of halogens is 5. The fourth-order valence-electron chi connectivity index (χ4n) is 2.81. The molecule has 3 heterocycles. The summed E-state index contributed by atoms with van der Waals surface area (Å²) in [6.07, 6.45) is 3.78. The Hall–Kier alpha value is -2.81. The summed E-state index contributed by atoms with van der Waals surface area (Å²) in [5.41, 5.74) is 11.3. The van der Waals surface area contributed by atoms with Crippen LogP contribution in [0.5, 0.6) is 0 Å². The van der Waals surface area contributed by atoms with Crippen LogP contribution >= 0.6 is 59.6 Å². The summed E-state index contributed by atoms with van der Waals surface area (Å²) in [5, 5.41) is 16.5. The third-order valence-corrected chi connectivity index (χ3v) is 5.62. The molecule has 0 saturated heterocycles. The Morgan fingerprint density at radius 3 is 2.23 bits per heavy atom. The molecule has 10 nitrogen and oxygen atoms in total. The molecule has 1 aliphatic rings. The lowest BCUT2D eigenvalue weighted by Gasteiger charge is -2.18. The van der Waals surface area contributed by atoms with Crippen molar-refractivity contribution in [3.8, 4) is 6.07 Å². The van der Waals surface area contributed by atoms with Gasteiger partial charge in [0.1, 0.15) is 10.5 Å². The minimum Gasteiger partial charge on any atom is -0.450 e. The quantitative estimate of drug-likeness (QED) is 0.455. The highest BCUT2D eigenvalue weighted by Crippen LogP contribution is 2.32. The van der Waals surface area contributed by atoms with Gasteiger partial charge in [-0.15, -0.1) is 24.8 Å². The first-order chi connectivity index (χ1) is 15.5. The number of hydrogen-bond acceptors (Lipinski definition) is 7. The van der Waals surface area contributed by atoms with Crippen LogP contribution in [0.15, 0.2) is 46.9 Å². The average molecular weight is 585 g/mol. The van der Waals surface area contributed by atoms with Crippen molar-refractivity contribution in [2.45, 2.75) is 19.1 Å². The van der Waals surface area contributed by atoms with Crippen LogP contribution in [0.2, 0.25) is 5.02 Å². The van der Waals surface area contributed by atoms with Crippen molar-refractivity contribution >= 4 is 77.4 Å². The number of pyridine rings is 2. The molecule has 35 heavy (non-hydrogen) atoms. The Balaban J connectivity index is 0.000000652. The van der Waals surface area contributed by atoms with Gasteiger partial charge in [0.2, 0.25) is 5.91 Å². The molecule has 0 saturated carbocycles. The lowest BCUT2D eigenvalue weighted by Crippen LogP contribution is -2.33. The number of nitrogens with zero attached hydrogens (tertiary/aromatic N) is 3. The molecule has 0 aromatic carbocycles. The number of carbonyl (C=O) groups excluding carboxylic acids is 3. The predicted octanol–water partition coefficient (Wildman–Crippen LogP) is 2.79. The molecule has 0 fully saturated rings. The highest BCUT2D eigenvalue weighted by Gasteiger charge is 2.40. The topological polar surface area (TPSA) is 178 Å². The zero-order chi connectivity index (χ0) is 24.9. The average Bonchev–Trinajstić information content (AvgIpc) is 3.03. The number of nitrogens with two attached hydrogens (primary N) is 2. The normalized spacial score (nSPS) is 15.7. The van der Waals surface area contributed by atoms with Crippen molar-refractivity contribution < 1.29 is 19.1 Å². The van der Waals surface area contributed by atoms with E-state index in [-0.39, 0.29) is 52.0 Å². The SMILES string of the molecule is CC(c1ccncc1)n1cc(Cl)cc(C(N)=O)c1=N.Cl.Cl.N#CC(C(N)=O)C1OC(=O)C(Cl)=C1Cl. The van der Waals surface area contributed by atoms with Crippen LogP contribution in [0.3, 0.4) is 0 Å². The first-order valence-electron chi connectivity index (χ1n) is 9.10. The molecule has 3 atom stereocenters. The van der Waals surface area contributed by atoms with Gasteiger partial charge in [0.25, 0.3) is 5.91 Å². The molecule has 0 radical (unpaired) electrons. The van der Waals surface area contributed by atoms with Gasteiger partial charge in [0, 0.05) is 18.6 Å². The summed E-state index contributed by atoms with van der Waals surface area (Å²) in [6, 6.07) is 6.54. The number of ether oxygens (including phenoxy) is 1. The molecule has 1 aliphatic heterocycles. The Labute approximate surface area is 227 Å².